The fraction of sp³-hybridized carbons (Fsp3) is 0.208. The van der Waals surface area contributed by atoms with Gasteiger partial charge in [0.15, 0.2) is 11.5 Å². The number of anilines is 1. The highest BCUT2D eigenvalue weighted by Gasteiger charge is 2.44. The van der Waals surface area contributed by atoms with Crippen molar-refractivity contribution in [1.29, 1.82) is 0 Å². The molecule has 0 amide bonds. The molecule has 0 aromatic heterocycles. The second kappa shape index (κ2) is 6.01. The molecule has 29 heavy (non-hydrogen) atoms. The van der Waals surface area contributed by atoms with E-state index in [0.717, 1.165) is 34.7 Å². The van der Waals surface area contributed by atoms with Crippen molar-refractivity contribution in [3.63, 3.8) is 0 Å². The minimum absolute atomic E-state index is 0.0186. The van der Waals surface area contributed by atoms with Gasteiger partial charge in [-0.05, 0) is 52.8 Å². The molecule has 2 aliphatic heterocycles. The first-order chi connectivity index (χ1) is 14.2. The molecule has 2 heterocycles. The molecule has 0 saturated heterocycles. The van der Waals surface area contributed by atoms with Gasteiger partial charge < -0.3 is 19.9 Å². The number of ether oxygens (including phenoxy) is 2. The number of carboxylic acid groups (broad SMARTS) is 1. The van der Waals surface area contributed by atoms with Crippen molar-refractivity contribution in [3.8, 4) is 11.5 Å². The summed E-state index contributed by atoms with van der Waals surface area (Å²) in [5.41, 5.74) is 5.83. The number of hydrogen-bond acceptors (Lipinski definition) is 4. The first-order valence-corrected chi connectivity index (χ1v) is 9.81. The SMILES string of the molecule is O=C(O)c1cccc2c1N[C@H](c1ccc3c(c1)OCO3)[C@H]1Cc3ccccc3[C@H]21. The first-order valence-electron chi connectivity index (χ1n) is 9.81. The average Bonchev–Trinajstić information content (AvgIpc) is 3.36. The summed E-state index contributed by atoms with van der Waals surface area (Å²) in [6.45, 7) is 0.236. The van der Waals surface area contributed by atoms with Gasteiger partial charge in [0.25, 0.3) is 0 Å². The van der Waals surface area contributed by atoms with Crippen LogP contribution in [0.4, 0.5) is 5.69 Å². The van der Waals surface area contributed by atoms with Gasteiger partial charge in [0.05, 0.1) is 17.3 Å². The largest absolute Gasteiger partial charge is 0.478 e. The maximum atomic E-state index is 11.9. The number of carboxylic acids is 1. The van der Waals surface area contributed by atoms with Crippen molar-refractivity contribution in [3.05, 3.63) is 88.5 Å². The number of para-hydroxylation sites is 1. The number of fused-ring (bicyclic) bond motifs is 6. The molecule has 0 radical (unpaired) electrons. The summed E-state index contributed by atoms with van der Waals surface area (Å²) in [4.78, 5) is 11.9. The Bertz CT molecular complexity index is 1160. The van der Waals surface area contributed by atoms with E-state index in [-0.39, 0.29) is 18.8 Å². The molecule has 3 aromatic rings. The molecule has 0 bridgehead atoms. The van der Waals surface area contributed by atoms with Crippen molar-refractivity contribution < 1.29 is 19.4 Å². The lowest BCUT2D eigenvalue weighted by Gasteiger charge is -2.38. The highest BCUT2D eigenvalue weighted by Crippen LogP contribution is 2.55. The lowest BCUT2D eigenvalue weighted by Crippen LogP contribution is -2.31. The van der Waals surface area contributed by atoms with Gasteiger partial charge in [-0.1, -0.05) is 42.5 Å². The van der Waals surface area contributed by atoms with Crippen LogP contribution >= 0.6 is 0 Å². The number of carbonyl (C=O) groups is 1. The fourth-order valence-corrected chi connectivity index (χ4v) is 5.20. The maximum absolute atomic E-state index is 11.9. The van der Waals surface area contributed by atoms with Gasteiger partial charge in [0.2, 0.25) is 6.79 Å². The standard InChI is InChI=1S/C24H19NO4/c26-24(27)17-7-3-6-16-21-15-5-2-1-4-13(15)10-18(21)22(25-23(16)17)14-8-9-19-20(11-14)29-12-28-19/h1-9,11,18,21-22,25H,10,12H2,(H,26,27)/t18-,21+,22+/m0/s1. The molecule has 3 aromatic carbocycles. The zero-order valence-corrected chi connectivity index (χ0v) is 15.6. The summed E-state index contributed by atoms with van der Waals surface area (Å²) in [6.07, 6.45) is 0.948. The minimum atomic E-state index is -0.913. The van der Waals surface area contributed by atoms with Gasteiger partial charge in [-0.15, -0.1) is 0 Å². The van der Waals surface area contributed by atoms with Gasteiger partial charge in [0.1, 0.15) is 0 Å². The van der Waals surface area contributed by atoms with E-state index in [4.69, 9.17) is 9.47 Å². The van der Waals surface area contributed by atoms with Crippen molar-refractivity contribution in [1.82, 2.24) is 0 Å². The van der Waals surface area contributed by atoms with Crippen LogP contribution in [0.5, 0.6) is 11.5 Å². The Morgan fingerprint density at radius 2 is 1.79 bits per heavy atom. The molecular weight excluding hydrogens is 366 g/mol. The molecule has 0 unspecified atom stereocenters. The Morgan fingerprint density at radius 1 is 0.966 bits per heavy atom. The Labute approximate surface area is 167 Å². The van der Waals surface area contributed by atoms with Crippen LogP contribution in [0.3, 0.4) is 0 Å². The molecule has 144 valence electrons. The fourth-order valence-electron chi connectivity index (χ4n) is 5.20. The molecular formula is C24H19NO4. The number of nitrogens with one attached hydrogen (secondary N) is 1. The third kappa shape index (κ3) is 2.37. The Morgan fingerprint density at radius 3 is 2.69 bits per heavy atom. The molecule has 3 aliphatic rings. The Hall–Kier alpha value is -3.47. The zero-order valence-electron chi connectivity index (χ0n) is 15.6. The van der Waals surface area contributed by atoms with E-state index in [0.29, 0.717) is 11.5 Å². The van der Waals surface area contributed by atoms with E-state index >= 15 is 0 Å². The normalized spacial score (nSPS) is 23.0. The van der Waals surface area contributed by atoms with Gasteiger partial charge in [0, 0.05) is 5.92 Å². The van der Waals surface area contributed by atoms with Crippen LogP contribution < -0.4 is 14.8 Å². The third-order valence-corrected chi connectivity index (χ3v) is 6.42. The molecule has 5 nitrogen and oxygen atoms in total. The summed E-state index contributed by atoms with van der Waals surface area (Å²) in [5, 5.41) is 13.4. The smallest absolute Gasteiger partial charge is 0.337 e. The first kappa shape index (κ1) is 16.5. The van der Waals surface area contributed by atoms with Crippen LogP contribution in [0.1, 0.15) is 44.6 Å². The predicted molar refractivity (Wildman–Crippen MR) is 108 cm³/mol. The summed E-state index contributed by atoms with van der Waals surface area (Å²) in [7, 11) is 0. The average molecular weight is 385 g/mol. The van der Waals surface area contributed by atoms with E-state index in [2.05, 4.69) is 41.7 Å². The predicted octanol–water partition coefficient (Wildman–Crippen LogP) is 4.58. The molecule has 2 N–H and O–H groups in total. The van der Waals surface area contributed by atoms with Crippen LogP contribution in [0.25, 0.3) is 0 Å². The highest BCUT2D eigenvalue weighted by molar-refractivity contribution is 5.96. The number of aromatic carboxylic acids is 1. The van der Waals surface area contributed by atoms with Crippen molar-refractivity contribution >= 4 is 11.7 Å². The summed E-state index contributed by atoms with van der Waals surface area (Å²) in [5.74, 6) is 1.04. The van der Waals surface area contributed by atoms with Crippen LogP contribution in [-0.2, 0) is 6.42 Å². The van der Waals surface area contributed by atoms with Gasteiger partial charge >= 0.3 is 5.97 Å². The van der Waals surface area contributed by atoms with Crippen molar-refractivity contribution in [2.75, 3.05) is 12.1 Å². The van der Waals surface area contributed by atoms with Crippen molar-refractivity contribution in [2.45, 2.75) is 18.4 Å². The van der Waals surface area contributed by atoms with Crippen LogP contribution in [0.2, 0.25) is 0 Å². The zero-order chi connectivity index (χ0) is 19.5. The second-order valence-corrected chi connectivity index (χ2v) is 7.85. The second-order valence-electron chi connectivity index (χ2n) is 7.85. The van der Waals surface area contributed by atoms with E-state index < -0.39 is 5.97 Å². The van der Waals surface area contributed by atoms with Crippen LogP contribution in [0, 0.1) is 5.92 Å². The van der Waals surface area contributed by atoms with Gasteiger partial charge in [-0.2, -0.15) is 0 Å². The van der Waals surface area contributed by atoms with E-state index in [1.54, 1.807) is 6.07 Å². The molecule has 3 atom stereocenters. The quantitative estimate of drug-likeness (QED) is 0.676. The van der Waals surface area contributed by atoms with Crippen molar-refractivity contribution in [2.24, 2.45) is 5.92 Å². The number of rotatable bonds is 2. The van der Waals surface area contributed by atoms with Gasteiger partial charge in [-0.25, -0.2) is 4.79 Å². The third-order valence-electron chi connectivity index (χ3n) is 6.42. The Kier molecular flexibility index (Phi) is 3.42. The van der Waals surface area contributed by atoms with E-state index in [9.17, 15) is 9.90 Å². The molecule has 6 rings (SSSR count). The summed E-state index contributed by atoms with van der Waals surface area (Å²) < 4.78 is 11.1. The summed E-state index contributed by atoms with van der Waals surface area (Å²) in [6, 6.07) is 20.1. The van der Waals surface area contributed by atoms with E-state index in [1.165, 1.54) is 11.1 Å². The van der Waals surface area contributed by atoms with Crippen LogP contribution in [0.15, 0.2) is 60.7 Å². The molecule has 5 heteroatoms. The molecule has 0 fully saturated rings. The Balaban J connectivity index is 1.54. The molecule has 1 aliphatic carbocycles. The van der Waals surface area contributed by atoms with E-state index in [1.807, 2.05) is 18.2 Å². The summed E-state index contributed by atoms with van der Waals surface area (Å²) >= 11 is 0. The molecule has 0 saturated carbocycles. The van der Waals surface area contributed by atoms with Crippen LogP contribution in [-0.4, -0.2) is 17.9 Å². The van der Waals surface area contributed by atoms with Gasteiger partial charge in [-0.3, -0.25) is 0 Å². The topological polar surface area (TPSA) is 67.8 Å². The maximum Gasteiger partial charge on any atom is 0.337 e. The number of benzene rings is 3. The molecule has 0 spiro atoms. The minimum Gasteiger partial charge on any atom is -0.478 e. The lowest BCUT2D eigenvalue weighted by atomic mass is 9.75. The number of hydrogen-bond donors (Lipinski definition) is 2. The monoisotopic (exact) mass is 385 g/mol. The highest BCUT2D eigenvalue weighted by atomic mass is 16.7. The lowest BCUT2D eigenvalue weighted by molar-refractivity contribution is 0.0697.